The van der Waals surface area contributed by atoms with Gasteiger partial charge >= 0.3 is 0 Å². The Morgan fingerprint density at radius 1 is 0.867 bits per heavy atom. The van der Waals surface area contributed by atoms with E-state index in [0.29, 0.717) is 17.1 Å². The number of para-hydroxylation sites is 1. The van der Waals surface area contributed by atoms with Crippen molar-refractivity contribution in [3.63, 3.8) is 0 Å². The van der Waals surface area contributed by atoms with E-state index < -0.39 is 0 Å². The normalized spacial score (nSPS) is 12.3. The standard InChI is InChI=1S/C12H12N2O/c13-10-5-4-8-12(9-10)14(15)11-6-2-1-3-7-11/h1-9,14H,13H2. The van der Waals surface area contributed by atoms with E-state index in [1.807, 2.05) is 18.2 Å². The predicted molar refractivity (Wildman–Crippen MR) is 60.9 cm³/mol. The third-order valence-corrected chi connectivity index (χ3v) is 2.18. The zero-order valence-electron chi connectivity index (χ0n) is 8.18. The van der Waals surface area contributed by atoms with Crippen molar-refractivity contribution in [3.05, 3.63) is 59.8 Å². The molecule has 0 bridgehead atoms. The molecule has 0 saturated carbocycles. The van der Waals surface area contributed by atoms with Gasteiger partial charge in [-0.3, -0.25) is 0 Å². The highest BCUT2D eigenvalue weighted by Crippen LogP contribution is 2.10. The number of quaternary nitrogens is 1. The summed E-state index contributed by atoms with van der Waals surface area (Å²) < 4.78 is 0. The van der Waals surface area contributed by atoms with Crippen LogP contribution < -0.4 is 10.8 Å². The van der Waals surface area contributed by atoms with E-state index in [1.165, 1.54) is 0 Å². The second-order valence-electron chi connectivity index (χ2n) is 3.32. The maximum absolute atomic E-state index is 11.9. The number of nitrogen functional groups attached to an aromatic ring is 1. The lowest BCUT2D eigenvalue weighted by atomic mass is 10.2. The first kappa shape index (κ1) is 9.71. The number of nitrogens with two attached hydrogens (primary N) is 1. The Morgan fingerprint density at radius 2 is 1.53 bits per heavy atom. The Kier molecular flexibility index (Phi) is 2.67. The molecule has 3 heteroatoms. The Balaban J connectivity index is 2.32. The topological polar surface area (TPSA) is 53.5 Å². The van der Waals surface area contributed by atoms with E-state index in [-0.39, 0.29) is 5.06 Å². The number of benzene rings is 2. The molecule has 0 fully saturated rings. The Labute approximate surface area is 88.3 Å². The van der Waals surface area contributed by atoms with Gasteiger partial charge in [0.15, 0.2) is 0 Å². The van der Waals surface area contributed by atoms with E-state index in [9.17, 15) is 5.21 Å². The van der Waals surface area contributed by atoms with Crippen LogP contribution in [0.15, 0.2) is 54.6 Å². The fourth-order valence-corrected chi connectivity index (χ4v) is 1.44. The molecule has 0 aliphatic carbocycles. The molecule has 0 saturated heterocycles. The summed E-state index contributed by atoms with van der Waals surface area (Å²) in [6, 6.07) is 16.2. The Morgan fingerprint density at radius 3 is 2.20 bits per heavy atom. The minimum atomic E-state index is 0.00269. The molecule has 15 heavy (non-hydrogen) atoms. The second kappa shape index (κ2) is 4.13. The van der Waals surface area contributed by atoms with Crippen LogP contribution in [0.1, 0.15) is 0 Å². The van der Waals surface area contributed by atoms with Gasteiger partial charge in [0.2, 0.25) is 0 Å². The number of hydrogen-bond acceptors (Lipinski definition) is 2. The molecule has 0 spiro atoms. The van der Waals surface area contributed by atoms with Crippen LogP contribution in [-0.4, -0.2) is 0 Å². The first-order valence-electron chi connectivity index (χ1n) is 4.72. The van der Waals surface area contributed by atoms with E-state index in [4.69, 9.17) is 5.73 Å². The molecule has 3 nitrogen and oxygen atoms in total. The third kappa shape index (κ3) is 2.15. The molecule has 0 aliphatic heterocycles. The number of rotatable bonds is 2. The number of hydrogen-bond donors (Lipinski definition) is 2. The molecule has 3 N–H and O–H groups in total. The smallest absolute Gasteiger partial charge is 0.138 e. The van der Waals surface area contributed by atoms with Gasteiger partial charge in [-0.25, -0.2) is 0 Å². The van der Waals surface area contributed by atoms with Crippen LogP contribution in [-0.2, 0) is 0 Å². The SMILES string of the molecule is Nc1cccc([NH+]([O-])c2ccccc2)c1. The van der Waals surface area contributed by atoms with Crippen molar-refractivity contribution in [2.45, 2.75) is 0 Å². The van der Waals surface area contributed by atoms with Gasteiger partial charge in [0, 0.05) is 11.8 Å². The zero-order chi connectivity index (χ0) is 10.7. The van der Waals surface area contributed by atoms with E-state index in [2.05, 4.69) is 0 Å². The van der Waals surface area contributed by atoms with Gasteiger partial charge in [0.05, 0.1) is 0 Å². The van der Waals surface area contributed by atoms with Gasteiger partial charge in [0.1, 0.15) is 11.4 Å². The minimum Gasteiger partial charge on any atom is -0.623 e. The average Bonchev–Trinajstić information content (AvgIpc) is 2.29. The van der Waals surface area contributed by atoms with Crippen molar-refractivity contribution in [1.82, 2.24) is 0 Å². The lowest BCUT2D eigenvalue weighted by Crippen LogP contribution is -2.96. The summed E-state index contributed by atoms with van der Waals surface area (Å²) in [6.07, 6.45) is 0. The molecule has 0 aliphatic rings. The highest BCUT2D eigenvalue weighted by atomic mass is 16.5. The molecular formula is C12H12N2O. The van der Waals surface area contributed by atoms with Crippen molar-refractivity contribution < 1.29 is 5.06 Å². The van der Waals surface area contributed by atoms with Crippen LogP contribution in [0, 0.1) is 5.21 Å². The molecule has 76 valence electrons. The number of nitrogens with one attached hydrogen (secondary N) is 1. The molecule has 1 unspecified atom stereocenters. The largest absolute Gasteiger partial charge is 0.623 e. The van der Waals surface area contributed by atoms with Gasteiger partial charge in [-0.15, -0.1) is 0 Å². The molecule has 0 aromatic heterocycles. The van der Waals surface area contributed by atoms with Crippen LogP contribution in [0.4, 0.5) is 17.1 Å². The maximum atomic E-state index is 11.9. The fourth-order valence-electron chi connectivity index (χ4n) is 1.44. The fraction of sp³-hybridized carbons (Fsp3) is 0. The highest BCUT2D eigenvalue weighted by Gasteiger charge is 2.05. The molecule has 0 radical (unpaired) electrons. The molecule has 1 atom stereocenters. The third-order valence-electron chi connectivity index (χ3n) is 2.18. The molecule has 0 amide bonds. The predicted octanol–water partition coefficient (Wildman–Crippen LogP) is 1.61. The van der Waals surface area contributed by atoms with E-state index >= 15 is 0 Å². The summed E-state index contributed by atoms with van der Waals surface area (Å²) in [4.78, 5) is 0. The highest BCUT2D eigenvalue weighted by molar-refractivity contribution is 5.48. The van der Waals surface area contributed by atoms with Crippen molar-refractivity contribution in [2.24, 2.45) is 0 Å². The van der Waals surface area contributed by atoms with Crippen molar-refractivity contribution in [2.75, 3.05) is 5.73 Å². The molecule has 2 aromatic rings. The quantitative estimate of drug-likeness (QED) is 0.571. The molecule has 0 heterocycles. The maximum Gasteiger partial charge on any atom is 0.138 e. The first-order valence-corrected chi connectivity index (χ1v) is 4.72. The first-order chi connectivity index (χ1) is 7.27. The van der Waals surface area contributed by atoms with Gasteiger partial charge < -0.3 is 16.0 Å². The summed E-state index contributed by atoms with van der Waals surface area (Å²) >= 11 is 0. The summed E-state index contributed by atoms with van der Waals surface area (Å²) in [5.41, 5.74) is 7.54. The van der Waals surface area contributed by atoms with Crippen LogP contribution in [0.2, 0.25) is 0 Å². The van der Waals surface area contributed by atoms with Crippen molar-refractivity contribution in [1.29, 1.82) is 0 Å². The number of anilines is 1. The lowest BCUT2D eigenvalue weighted by Gasteiger charge is -2.21. The summed E-state index contributed by atoms with van der Waals surface area (Å²) in [6.45, 7) is 0. The van der Waals surface area contributed by atoms with Gasteiger partial charge in [0.25, 0.3) is 0 Å². The van der Waals surface area contributed by atoms with Crippen LogP contribution in [0.5, 0.6) is 0 Å². The van der Waals surface area contributed by atoms with E-state index in [1.54, 1.807) is 36.4 Å². The second-order valence-corrected chi connectivity index (χ2v) is 3.32. The van der Waals surface area contributed by atoms with Crippen molar-refractivity contribution in [3.8, 4) is 0 Å². The molecule has 2 aromatic carbocycles. The average molecular weight is 200 g/mol. The minimum absolute atomic E-state index is 0.00269. The van der Waals surface area contributed by atoms with Crippen LogP contribution >= 0.6 is 0 Å². The lowest BCUT2D eigenvalue weighted by molar-refractivity contribution is -0.698. The Hall–Kier alpha value is -1.84. The van der Waals surface area contributed by atoms with Gasteiger partial charge in [-0.1, -0.05) is 24.3 Å². The molecular weight excluding hydrogens is 188 g/mol. The molecule has 2 rings (SSSR count). The van der Waals surface area contributed by atoms with Crippen molar-refractivity contribution >= 4 is 17.1 Å². The van der Waals surface area contributed by atoms with Crippen LogP contribution in [0.3, 0.4) is 0 Å². The van der Waals surface area contributed by atoms with Gasteiger partial charge in [-0.05, 0) is 24.3 Å². The van der Waals surface area contributed by atoms with Gasteiger partial charge in [-0.2, -0.15) is 0 Å². The Bertz CT molecular complexity index is 442. The zero-order valence-corrected chi connectivity index (χ0v) is 8.18. The summed E-state index contributed by atoms with van der Waals surface area (Å²) in [5.74, 6) is 0. The summed E-state index contributed by atoms with van der Waals surface area (Å²) in [7, 11) is 0. The van der Waals surface area contributed by atoms with E-state index in [0.717, 1.165) is 0 Å². The van der Waals surface area contributed by atoms with Crippen LogP contribution in [0.25, 0.3) is 0 Å². The monoisotopic (exact) mass is 200 g/mol. The summed E-state index contributed by atoms with van der Waals surface area (Å²) in [5, 5.41) is 11.9.